The summed E-state index contributed by atoms with van der Waals surface area (Å²) in [6, 6.07) is 0.113. The first-order valence-corrected chi connectivity index (χ1v) is 5.10. The number of rotatable bonds is 3. The number of hydrogen-bond acceptors (Lipinski definition) is 2. The SMILES string of the molecule is CCCC1CC(C(=O)NC)N(C)C1. The molecule has 1 rings (SSSR count). The molecule has 0 radical (unpaired) electrons. The van der Waals surface area contributed by atoms with Gasteiger partial charge in [0.2, 0.25) is 5.91 Å². The lowest BCUT2D eigenvalue weighted by atomic mass is 10.0. The van der Waals surface area contributed by atoms with Crippen LogP contribution in [0.15, 0.2) is 0 Å². The average Bonchev–Trinajstić information content (AvgIpc) is 2.46. The fourth-order valence-electron chi connectivity index (χ4n) is 2.20. The molecule has 13 heavy (non-hydrogen) atoms. The minimum atomic E-state index is 0.113. The lowest BCUT2D eigenvalue weighted by Crippen LogP contribution is -2.39. The number of nitrogens with one attached hydrogen (secondary N) is 1. The van der Waals surface area contributed by atoms with Crippen molar-refractivity contribution in [3.63, 3.8) is 0 Å². The van der Waals surface area contributed by atoms with E-state index in [0.717, 1.165) is 18.9 Å². The van der Waals surface area contributed by atoms with Gasteiger partial charge in [-0.05, 0) is 25.8 Å². The van der Waals surface area contributed by atoms with E-state index in [9.17, 15) is 4.79 Å². The van der Waals surface area contributed by atoms with Crippen molar-refractivity contribution in [2.45, 2.75) is 32.2 Å². The zero-order valence-corrected chi connectivity index (χ0v) is 8.84. The molecule has 0 aromatic heterocycles. The molecule has 1 aliphatic rings. The molecule has 3 heteroatoms. The summed E-state index contributed by atoms with van der Waals surface area (Å²) in [6.07, 6.45) is 3.50. The van der Waals surface area contributed by atoms with E-state index in [1.165, 1.54) is 12.8 Å². The topological polar surface area (TPSA) is 32.3 Å². The van der Waals surface area contributed by atoms with Crippen LogP contribution in [0, 0.1) is 5.92 Å². The highest BCUT2D eigenvalue weighted by atomic mass is 16.2. The third kappa shape index (κ3) is 2.44. The van der Waals surface area contributed by atoms with Gasteiger partial charge < -0.3 is 5.32 Å². The third-order valence-electron chi connectivity index (χ3n) is 2.88. The monoisotopic (exact) mass is 184 g/mol. The maximum absolute atomic E-state index is 11.4. The minimum absolute atomic E-state index is 0.113. The average molecular weight is 184 g/mol. The van der Waals surface area contributed by atoms with Gasteiger partial charge in [-0.2, -0.15) is 0 Å². The van der Waals surface area contributed by atoms with Crippen LogP contribution in [0.5, 0.6) is 0 Å². The molecule has 0 spiro atoms. The van der Waals surface area contributed by atoms with Gasteiger partial charge in [0.25, 0.3) is 0 Å². The van der Waals surface area contributed by atoms with Crippen molar-refractivity contribution in [1.82, 2.24) is 10.2 Å². The first kappa shape index (κ1) is 10.5. The number of hydrogen-bond donors (Lipinski definition) is 1. The summed E-state index contributed by atoms with van der Waals surface area (Å²) in [5.41, 5.74) is 0. The standard InChI is InChI=1S/C10H20N2O/c1-4-5-8-6-9(10(13)11-2)12(3)7-8/h8-9H,4-7H2,1-3H3,(H,11,13). The zero-order valence-electron chi connectivity index (χ0n) is 8.84. The molecule has 1 amide bonds. The van der Waals surface area contributed by atoms with Gasteiger partial charge in [0, 0.05) is 13.6 Å². The molecule has 3 nitrogen and oxygen atoms in total. The fourth-order valence-corrected chi connectivity index (χ4v) is 2.20. The van der Waals surface area contributed by atoms with Crippen molar-refractivity contribution < 1.29 is 4.79 Å². The van der Waals surface area contributed by atoms with Crippen LogP contribution in [0.2, 0.25) is 0 Å². The van der Waals surface area contributed by atoms with Crippen LogP contribution in [0.3, 0.4) is 0 Å². The van der Waals surface area contributed by atoms with E-state index < -0.39 is 0 Å². The predicted octanol–water partition coefficient (Wildman–Crippen LogP) is 0.853. The van der Waals surface area contributed by atoms with Gasteiger partial charge in [0.1, 0.15) is 0 Å². The maximum Gasteiger partial charge on any atom is 0.237 e. The van der Waals surface area contributed by atoms with Crippen molar-refractivity contribution in [3.05, 3.63) is 0 Å². The molecule has 1 N–H and O–H groups in total. The Morgan fingerprint density at radius 1 is 1.62 bits per heavy atom. The molecule has 2 atom stereocenters. The molecule has 1 aliphatic heterocycles. The Labute approximate surface area is 80.5 Å². The normalized spacial score (nSPS) is 29.2. The smallest absolute Gasteiger partial charge is 0.237 e. The first-order chi connectivity index (χ1) is 6.19. The van der Waals surface area contributed by atoms with Crippen LogP contribution < -0.4 is 5.32 Å². The molecule has 1 fully saturated rings. The van der Waals surface area contributed by atoms with E-state index in [1.54, 1.807) is 7.05 Å². The molecule has 0 aromatic carbocycles. The van der Waals surface area contributed by atoms with Crippen molar-refractivity contribution in [2.24, 2.45) is 5.92 Å². The summed E-state index contributed by atoms with van der Waals surface area (Å²) in [6.45, 7) is 3.28. The largest absolute Gasteiger partial charge is 0.358 e. The van der Waals surface area contributed by atoms with Gasteiger partial charge in [0.05, 0.1) is 6.04 Å². The Bertz CT molecular complexity index is 182. The summed E-state index contributed by atoms with van der Waals surface area (Å²) in [5.74, 6) is 0.887. The van der Waals surface area contributed by atoms with Crippen LogP contribution in [0.1, 0.15) is 26.2 Å². The third-order valence-corrected chi connectivity index (χ3v) is 2.88. The van der Waals surface area contributed by atoms with Crippen LogP contribution in [0.4, 0.5) is 0 Å². The van der Waals surface area contributed by atoms with E-state index in [-0.39, 0.29) is 11.9 Å². The Morgan fingerprint density at radius 2 is 2.31 bits per heavy atom. The Morgan fingerprint density at radius 3 is 2.85 bits per heavy atom. The van der Waals surface area contributed by atoms with Gasteiger partial charge in [-0.1, -0.05) is 13.3 Å². The minimum Gasteiger partial charge on any atom is -0.358 e. The van der Waals surface area contributed by atoms with Crippen molar-refractivity contribution >= 4 is 5.91 Å². The molecule has 2 unspecified atom stereocenters. The number of nitrogens with zero attached hydrogens (tertiary/aromatic N) is 1. The highest BCUT2D eigenvalue weighted by Crippen LogP contribution is 2.25. The van der Waals surface area contributed by atoms with E-state index in [2.05, 4.69) is 17.1 Å². The molecular formula is C10H20N2O. The summed E-state index contributed by atoms with van der Waals surface area (Å²) in [7, 11) is 3.75. The zero-order chi connectivity index (χ0) is 9.84. The summed E-state index contributed by atoms with van der Waals surface area (Å²) >= 11 is 0. The second kappa shape index (κ2) is 4.61. The van der Waals surface area contributed by atoms with Gasteiger partial charge in [-0.25, -0.2) is 0 Å². The van der Waals surface area contributed by atoms with E-state index in [0.29, 0.717) is 0 Å². The Kier molecular flexibility index (Phi) is 3.72. The second-order valence-corrected chi connectivity index (χ2v) is 3.96. The van der Waals surface area contributed by atoms with Gasteiger partial charge >= 0.3 is 0 Å². The van der Waals surface area contributed by atoms with Gasteiger partial charge in [0.15, 0.2) is 0 Å². The molecule has 76 valence electrons. The quantitative estimate of drug-likeness (QED) is 0.705. The fraction of sp³-hybridized carbons (Fsp3) is 0.900. The highest BCUT2D eigenvalue weighted by molar-refractivity contribution is 5.81. The van der Waals surface area contributed by atoms with E-state index >= 15 is 0 Å². The Balaban J connectivity index is 2.46. The maximum atomic E-state index is 11.4. The number of likely N-dealkylation sites (N-methyl/N-ethyl adjacent to an activating group) is 2. The van der Waals surface area contributed by atoms with Crippen LogP contribution in [-0.2, 0) is 4.79 Å². The number of amides is 1. The predicted molar refractivity (Wildman–Crippen MR) is 53.5 cm³/mol. The molecule has 1 saturated heterocycles. The van der Waals surface area contributed by atoms with Crippen molar-refractivity contribution in [1.29, 1.82) is 0 Å². The molecule has 0 bridgehead atoms. The molecule has 1 heterocycles. The van der Waals surface area contributed by atoms with Crippen molar-refractivity contribution in [3.8, 4) is 0 Å². The van der Waals surface area contributed by atoms with Gasteiger partial charge in [-0.3, -0.25) is 9.69 Å². The number of likely N-dealkylation sites (tertiary alicyclic amines) is 1. The molecule has 0 aliphatic carbocycles. The van der Waals surface area contributed by atoms with E-state index in [1.807, 2.05) is 7.05 Å². The highest BCUT2D eigenvalue weighted by Gasteiger charge is 2.32. The van der Waals surface area contributed by atoms with Gasteiger partial charge in [-0.15, -0.1) is 0 Å². The molecular weight excluding hydrogens is 164 g/mol. The number of carbonyl (C=O) groups excluding carboxylic acids is 1. The number of carbonyl (C=O) groups is 1. The first-order valence-electron chi connectivity index (χ1n) is 5.10. The lowest BCUT2D eigenvalue weighted by molar-refractivity contribution is -0.124. The van der Waals surface area contributed by atoms with Crippen LogP contribution in [0.25, 0.3) is 0 Å². The lowest BCUT2D eigenvalue weighted by Gasteiger charge is -2.16. The molecule has 0 aromatic rings. The van der Waals surface area contributed by atoms with Crippen LogP contribution >= 0.6 is 0 Å². The molecule has 0 saturated carbocycles. The Hall–Kier alpha value is -0.570. The second-order valence-electron chi connectivity index (χ2n) is 3.96. The van der Waals surface area contributed by atoms with E-state index in [4.69, 9.17) is 0 Å². The summed E-state index contributed by atoms with van der Waals surface area (Å²) in [4.78, 5) is 13.6. The van der Waals surface area contributed by atoms with Crippen molar-refractivity contribution in [2.75, 3.05) is 20.6 Å². The summed E-state index contributed by atoms with van der Waals surface area (Å²) < 4.78 is 0. The van der Waals surface area contributed by atoms with Crippen LogP contribution in [-0.4, -0.2) is 37.5 Å². The summed E-state index contributed by atoms with van der Waals surface area (Å²) in [5, 5.41) is 2.72.